The number of H-pyrrole nitrogens is 1. The first-order valence-electron chi connectivity index (χ1n) is 10.3. The summed E-state index contributed by atoms with van der Waals surface area (Å²) in [5, 5.41) is 31.0. The molecule has 3 aromatic rings. The molecule has 0 bridgehead atoms. The Morgan fingerprint density at radius 1 is 1.19 bits per heavy atom. The molecule has 1 aromatic carbocycles. The molecule has 10 heteroatoms. The summed E-state index contributed by atoms with van der Waals surface area (Å²) in [5.41, 5.74) is 9.54. The number of aromatic hydroxyl groups is 2. The van der Waals surface area contributed by atoms with Gasteiger partial charge in [-0.05, 0) is 32.8 Å². The van der Waals surface area contributed by atoms with Crippen molar-refractivity contribution in [1.29, 1.82) is 0 Å². The minimum Gasteiger partial charge on any atom is -0.508 e. The molecule has 0 amide bonds. The number of phenolic OH excluding ortho intramolecular Hbond substituents is 2. The second-order valence-electron chi connectivity index (χ2n) is 8.32. The Kier molecular flexibility index (Phi) is 6.76. The number of hydrogen-bond donors (Lipinski definition) is 5. The van der Waals surface area contributed by atoms with E-state index in [1.807, 2.05) is 6.92 Å². The minimum atomic E-state index is -0.102. The second kappa shape index (κ2) is 9.15. The molecule has 6 N–H and O–H groups in total. The fourth-order valence-corrected chi connectivity index (χ4v) is 3.49. The van der Waals surface area contributed by atoms with Gasteiger partial charge in [0, 0.05) is 30.3 Å². The standard InChI is InChI=1S/C21H30ClN7O2/c1-10(2)17-19-18(28-27-17)20(24-9-13-6-16(31)14(22)7-15(13)30)26-21(25-8-12(5)23)29(19)11(3)4/h6-7,10-12,30-31H,8-9,23H2,1-5H3,(H,27,28)(H,24,25,26). The lowest BCUT2D eigenvalue weighted by atomic mass is 10.1. The zero-order valence-electron chi connectivity index (χ0n) is 18.4. The fraction of sp³-hybridized carbons (Fsp3) is 0.476. The maximum Gasteiger partial charge on any atom is 0.227 e. The lowest BCUT2D eigenvalue weighted by Crippen LogP contribution is -2.30. The Labute approximate surface area is 186 Å². The first-order valence-corrected chi connectivity index (χ1v) is 10.7. The number of aromatic nitrogens is 4. The van der Waals surface area contributed by atoms with E-state index in [0.29, 0.717) is 29.1 Å². The van der Waals surface area contributed by atoms with Gasteiger partial charge in [0.15, 0.2) is 11.3 Å². The van der Waals surface area contributed by atoms with Gasteiger partial charge in [0.05, 0.1) is 22.8 Å². The lowest BCUT2D eigenvalue weighted by Gasteiger charge is -2.17. The van der Waals surface area contributed by atoms with Gasteiger partial charge in [-0.3, -0.25) is 5.10 Å². The Balaban J connectivity index is 2.16. The molecular formula is C21H30ClN7O2. The zero-order valence-corrected chi connectivity index (χ0v) is 19.2. The summed E-state index contributed by atoms with van der Waals surface area (Å²) in [6.07, 6.45) is 0. The minimum absolute atomic E-state index is 0.0218. The van der Waals surface area contributed by atoms with E-state index < -0.39 is 0 Å². The van der Waals surface area contributed by atoms with Crippen molar-refractivity contribution in [2.75, 3.05) is 11.9 Å². The van der Waals surface area contributed by atoms with Crippen molar-refractivity contribution in [2.24, 2.45) is 10.7 Å². The normalized spacial score (nSPS) is 13.5. The predicted octanol–water partition coefficient (Wildman–Crippen LogP) is 3.39. The first kappa shape index (κ1) is 22.9. The number of phenols is 2. The molecule has 3 rings (SSSR count). The van der Waals surface area contributed by atoms with E-state index in [2.05, 4.69) is 52.8 Å². The molecule has 0 aliphatic heterocycles. The largest absolute Gasteiger partial charge is 0.508 e. The summed E-state index contributed by atoms with van der Waals surface area (Å²) in [7, 11) is 0. The van der Waals surface area contributed by atoms with Crippen LogP contribution in [0.5, 0.6) is 11.5 Å². The topological polar surface area (TPSA) is 137 Å². The van der Waals surface area contributed by atoms with Crippen molar-refractivity contribution in [3.8, 4) is 11.5 Å². The van der Waals surface area contributed by atoms with E-state index >= 15 is 0 Å². The van der Waals surface area contributed by atoms with Crippen LogP contribution in [-0.4, -0.2) is 42.5 Å². The molecule has 0 saturated heterocycles. The number of anilines is 1. The molecule has 0 fully saturated rings. The average Bonchev–Trinajstić information content (AvgIpc) is 3.12. The third kappa shape index (κ3) is 4.77. The summed E-state index contributed by atoms with van der Waals surface area (Å²) in [4.78, 5) is 9.38. The van der Waals surface area contributed by atoms with Crippen molar-refractivity contribution in [3.05, 3.63) is 34.0 Å². The van der Waals surface area contributed by atoms with E-state index in [4.69, 9.17) is 22.3 Å². The molecule has 9 nitrogen and oxygen atoms in total. The molecule has 1 unspecified atom stereocenters. The van der Waals surface area contributed by atoms with E-state index in [1.54, 1.807) is 0 Å². The monoisotopic (exact) mass is 447 g/mol. The molecule has 1 atom stereocenters. The number of hydrogen-bond acceptors (Lipinski definition) is 7. The summed E-state index contributed by atoms with van der Waals surface area (Å²) in [5.74, 6) is 0.608. The highest BCUT2D eigenvalue weighted by molar-refractivity contribution is 6.32. The third-order valence-electron chi connectivity index (χ3n) is 4.87. The van der Waals surface area contributed by atoms with E-state index in [0.717, 1.165) is 11.2 Å². The number of nitrogens with zero attached hydrogens (tertiary/aromatic N) is 4. The molecule has 2 heterocycles. The van der Waals surface area contributed by atoms with Crippen LogP contribution in [0.4, 0.5) is 5.82 Å². The SMILES string of the molecule is CC(N)CN=c1nc(NCc2cc(O)c(Cl)cc2O)c2n[nH]c(C(C)C)c2n1C(C)C. The van der Waals surface area contributed by atoms with Crippen molar-refractivity contribution in [2.45, 2.75) is 59.2 Å². The number of rotatable bonds is 7. The maximum absolute atomic E-state index is 10.2. The van der Waals surface area contributed by atoms with Crippen molar-refractivity contribution in [1.82, 2.24) is 19.7 Å². The quantitative estimate of drug-likeness (QED) is 0.352. The molecule has 31 heavy (non-hydrogen) atoms. The average molecular weight is 448 g/mol. The number of fused-ring (bicyclic) bond motifs is 1. The van der Waals surface area contributed by atoms with Gasteiger partial charge >= 0.3 is 0 Å². The smallest absolute Gasteiger partial charge is 0.227 e. The van der Waals surface area contributed by atoms with E-state index in [1.165, 1.54) is 12.1 Å². The molecule has 168 valence electrons. The fourth-order valence-electron chi connectivity index (χ4n) is 3.33. The summed E-state index contributed by atoms with van der Waals surface area (Å²) in [6.45, 7) is 10.9. The highest BCUT2D eigenvalue weighted by atomic mass is 35.5. The van der Waals surface area contributed by atoms with Gasteiger partial charge in [-0.2, -0.15) is 10.1 Å². The molecular weight excluding hydrogens is 418 g/mol. The number of nitrogens with two attached hydrogens (primary N) is 1. The Hall–Kier alpha value is -2.78. The predicted molar refractivity (Wildman–Crippen MR) is 123 cm³/mol. The molecule has 0 spiro atoms. The van der Waals surface area contributed by atoms with Crippen LogP contribution < -0.4 is 16.7 Å². The Morgan fingerprint density at radius 2 is 1.90 bits per heavy atom. The van der Waals surface area contributed by atoms with Crippen molar-refractivity contribution < 1.29 is 10.2 Å². The maximum atomic E-state index is 10.2. The van der Waals surface area contributed by atoms with Gasteiger partial charge in [0.2, 0.25) is 5.62 Å². The van der Waals surface area contributed by atoms with Crippen molar-refractivity contribution in [3.63, 3.8) is 0 Å². The number of aromatic amines is 1. The van der Waals surface area contributed by atoms with Crippen LogP contribution in [-0.2, 0) is 6.54 Å². The van der Waals surface area contributed by atoms with E-state index in [9.17, 15) is 10.2 Å². The van der Waals surface area contributed by atoms with Gasteiger partial charge in [0.25, 0.3) is 0 Å². The lowest BCUT2D eigenvalue weighted by molar-refractivity contribution is 0.455. The van der Waals surface area contributed by atoms with Gasteiger partial charge in [-0.25, -0.2) is 4.99 Å². The Morgan fingerprint density at radius 3 is 2.52 bits per heavy atom. The molecule has 0 saturated carbocycles. The molecule has 0 aliphatic rings. The first-order chi connectivity index (χ1) is 14.6. The van der Waals surface area contributed by atoms with Crippen LogP contribution in [0.2, 0.25) is 5.02 Å². The molecule has 0 radical (unpaired) electrons. The second-order valence-corrected chi connectivity index (χ2v) is 8.72. The number of halogens is 1. The van der Waals surface area contributed by atoms with Gasteiger partial charge < -0.3 is 25.8 Å². The summed E-state index contributed by atoms with van der Waals surface area (Å²) >= 11 is 5.86. The van der Waals surface area contributed by atoms with E-state index in [-0.39, 0.29) is 41.1 Å². The zero-order chi connectivity index (χ0) is 22.9. The third-order valence-corrected chi connectivity index (χ3v) is 5.17. The van der Waals surface area contributed by atoms with Crippen LogP contribution in [0, 0.1) is 0 Å². The summed E-state index contributed by atoms with van der Waals surface area (Å²) < 4.78 is 2.06. The molecule has 2 aromatic heterocycles. The number of benzene rings is 1. The van der Waals surface area contributed by atoms with Crippen LogP contribution >= 0.6 is 11.6 Å². The summed E-state index contributed by atoms with van der Waals surface area (Å²) in [6, 6.07) is 2.73. The highest BCUT2D eigenvalue weighted by Crippen LogP contribution is 2.32. The van der Waals surface area contributed by atoms with Crippen LogP contribution in [0.1, 0.15) is 57.8 Å². The van der Waals surface area contributed by atoms with Crippen LogP contribution in [0.15, 0.2) is 17.1 Å². The van der Waals surface area contributed by atoms with Gasteiger partial charge in [-0.15, -0.1) is 0 Å². The Bertz CT molecular complexity index is 1150. The van der Waals surface area contributed by atoms with Crippen LogP contribution in [0.3, 0.4) is 0 Å². The van der Waals surface area contributed by atoms with Crippen LogP contribution in [0.25, 0.3) is 11.0 Å². The van der Waals surface area contributed by atoms with Crippen molar-refractivity contribution >= 4 is 28.5 Å². The van der Waals surface area contributed by atoms with Gasteiger partial charge in [-0.1, -0.05) is 25.4 Å². The van der Waals surface area contributed by atoms with Gasteiger partial charge in [0.1, 0.15) is 11.5 Å². The number of nitrogens with one attached hydrogen (secondary N) is 2. The molecule has 0 aliphatic carbocycles. The highest BCUT2D eigenvalue weighted by Gasteiger charge is 2.20.